The highest BCUT2D eigenvalue weighted by Crippen LogP contribution is 2.44. The van der Waals surface area contributed by atoms with E-state index in [0.29, 0.717) is 25.0 Å². The van der Waals surface area contributed by atoms with E-state index < -0.39 is 6.04 Å². The minimum absolute atomic E-state index is 0.114. The lowest BCUT2D eigenvalue weighted by molar-refractivity contribution is 0.0919. The predicted octanol–water partition coefficient (Wildman–Crippen LogP) is 0.199. The average Bonchev–Trinajstić information content (AvgIpc) is 3.09. The van der Waals surface area contributed by atoms with Crippen molar-refractivity contribution in [2.75, 3.05) is 26.9 Å². The maximum Gasteiger partial charge on any atom is 0.272 e. The minimum Gasteiger partial charge on any atom is -0.394 e. The number of rotatable bonds is 6. The van der Waals surface area contributed by atoms with Gasteiger partial charge in [-0.25, -0.2) is 4.68 Å². The fourth-order valence-corrected chi connectivity index (χ4v) is 3.72. The highest BCUT2D eigenvalue weighted by molar-refractivity contribution is 5.98. The van der Waals surface area contributed by atoms with Gasteiger partial charge < -0.3 is 20.5 Å². The minimum atomic E-state index is -0.561. The van der Waals surface area contributed by atoms with E-state index in [1.807, 2.05) is 30.3 Å². The third kappa shape index (κ3) is 3.22. The summed E-state index contributed by atoms with van der Waals surface area (Å²) in [5.74, 6) is 0.0728. The molecule has 0 bridgehead atoms. The van der Waals surface area contributed by atoms with E-state index in [2.05, 4.69) is 15.7 Å². The van der Waals surface area contributed by atoms with Gasteiger partial charge in [0.1, 0.15) is 11.7 Å². The van der Waals surface area contributed by atoms with Crippen LogP contribution in [-0.4, -0.2) is 59.6 Å². The van der Waals surface area contributed by atoms with Gasteiger partial charge in [-0.3, -0.25) is 9.59 Å². The zero-order valence-electron chi connectivity index (χ0n) is 15.0. The number of fused-ring (bicyclic) bond motifs is 1. The van der Waals surface area contributed by atoms with Crippen LogP contribution in [0.15, 0.2) is 36.4 Å². The van der Waals surface area contributed by atoms with Crippen molar-refractivity contribution in [2.24, 2.45) is 11.8 Å². The molecule has 4 rings (SSSR count). The summed E-state index contributed by atoms with van der Waals surface area (Å²) in [6.45, 7) is 1.10. The molecule has 2 fully saturated rings. The molecule has 27 heavy (non-hydrogen) atoms. The third-order valence-corrected chi connectivity index (χ3v) is 5.33. The van der Waals surface area contributed by atoms with Crippen molar-refractivity contribution in [2.45, 2.75) is 12.1 Å². The van der Waals surface area contributed by atoms with Gasteiger partial charge in [0.15, 0.2) is 5.69 Å². The van der Waals surface area contributed by atoms with Crippen LogP contribution in [0.4, 0.5) is 0 Å². The Labute approximate surface area is 156 Å². The van der Waals surface area contributed by atoms with Crippen molar-refractivity contribution in [1.29, 1.82) is 0 Å². The van der Waals surface area contributed by atoms with E-state index in [9.17, 15) is 14.7 Å². The summed E-state index contributed by atoms with van der Waals surface area (Å²) in [6, 6.07) is 10.3. The van der Waals surface area contributed by atoms with Gasteiger partial charge in [-0.15, -0.1) is 0 Å². The molecule has 1 aromatic heterocycles. The van der Waals surface area contributed by atoms with Crippen molar-refractivity contribution >= 4 is 11.8 Å². The maximum atomic E-state index is 12.6. The number of hydrogen-bond acceptors (Lipinski definition) is 5. The number of carbonyl (C=O) groups excluding carboxylic acids is 2. The molecule has 2 amide bonds. The number of ether oxygens (including phenoxy) is 1. The molecule has 4 atom stereocenters. The molecule has 2 heterocycles. The maximum absolute atomic E-state index is 12.6. The van der Waals surface area contributed by atoms with E-state index in [-0.39, 0.29) is 35.9 Å². The number of aliphatic hydroxyl groups excluding tert-OH is 1. The average molecular weight is 370 g/mol. The van der Waals surface area contributed by atoms with Crippen molar-refractivity contribution in [3.8, 4) is 0 Å². The molecule has 8 heteroatoms. The molecule has 3 N–H and O–H groups in total. The largest absolute Gasteiger partial charge is 0.394 e. The van der Waals surface area contributed by atoms with Gasteiger partial charge in [-0.1, -0.05) is 30.3 Å². The summed E-state index contributed by atoms with van der Waals surface area (Å²) in [6.07, 6.45) is 0. The van der Waals surface area contributed by atoms with E-state index in [1.54, 1.807) is 0 Å². The van der Waals surface area contributed by atoms with Crippen LogP contribution in [0.25, 0.3) is 0 Å². The Balaban J connectivity index is 1.62. The molecule has 2 aliphatic rings. The first-order valence-corrected chi connectivity index (χ1v) is 9.00. The molecule has 142 valence electrons. The van der Waals surface area contributed by atoms with Gasteiger partial charge in [0.05, 0.1) is 19.8 Å². The Kier molecular flexibility index (Phi) is 4.67. The van der Waals surface area contributed by atoms with E-state index >= 15 is 0 Å². The summed E-state index contributed by atoms with van der Waals surface area (Å²) in [4.78, 5) is 24.9. The Hall–Kier alpha value is -2.71. The smallest absolute Gasteiger partial charge is 0.272 e. The normalized spacial score (nSPS) is 24.1. The number of amides is 2. The van der Waals surface area contributed by atoms with Gasteiger partial charge in [-0.05, 0) is 5.56 Å². The Morgan fingerprint density at radius 3 is 2.59 bits per heavy atom. The molecule has 1 aliphatic heterocycles. The van der Waals surface area contributed by atoms with Gasteiger partial charge in [0.25, 0.3) is 11.8 Å². The molecule has 0 radical (unpaired) electrons. The first kappa shape index (κ1) is 17.7. The lowest BCUT2D eigenvalue weighted by atomic mass is 10.1. The van der Waals surface area contributed by atoms with Gasteiger partial charge >= 0.3 is 0 Å². The molecule has 1 aliphatic carbocycles. The number of nitrogens with one attached hydrogen (secondary N) is 2. The highest BCUT2D eigenvalue weighted by Gasteiger charge is 2.54. The SMILES string of the molecule is CNC(=O)c1cc(C(=O)NC2C3COC[C@H]32)nn1[C@@H](CO)c1ccccc1. The summed E-state index contributed by atoms with van der Waals surface area (Å²) >= 11 is 0. The standard InChI is InChI=1S/C19H22N4O4/c1-20-19(26)15-7-14(18(25)21-17-12-9-27-10-13(12)17)22-23(15)16(8-24)11-5-3-2-4-6-11/h2-7,12-13,16-17,24H,8-10H2,1H3,(H,20,26)(H,21,25)/t12-,13?,16+,17?/m1/s1. The van der Waals surface area contributed by atoms with Gasteiger partial charge in [-0.2, -0.15) is 5.10 Å². The molecule has 0 spiro atoms. The van der Waals surface area contributed by atoms with Crippen molar-refractivity contribution in [3.63, 3.8) is 0 Å². The summed E-state index contributed by atoms with van der Waals surface area (Å²) in [5.41, 5.74) is 1.19. The first-order chi connectivity index (χ1) is 13.1. The number of carbonyl (C=O) groups is 2. The summed E-state index contributed by atoms with van der Waals surface area (Å²) < 4.78 is 6.75. The molecular formula is C19H22N4O4. The summed E-state index contributed by atoms with van der Waals surface area (Å²) in [5, 5.41) is 19.8. The van der Waals surface area contributed by atoms with Crippen molar-refractivity contribution < 1.29 is 19.4 Å². The van der Waals surface area contributed by atoms with Crippen molar-refractivity contribution in [3.05, 3.63) is 53.3 Å². The van der Waals surface area contributed by atoms with Crippen LogP contribution >= 0.6 is 0 Å². The van der Waals surface area contributed by atoms with Gasteiger partial charge in [0.2, 0.25) is 0 Å². The summed E-state index contributed by atoms with van der Waals surface area (Å²) in [7, 11) is 1.52. The van der Waals surface area contributed by atoms with E-state index in [1.165, 1.54) is 17.8 Å². The predicted molar refractivity (Wildman–Crippen MR) is 96.3 cm³/mol. The zero-order valence-corrected chi connectivity index (χ0v) is 15.0. The quantitative estimate of drug-likeness (QED) is 0.674. The van der Waals surface area contributed by atoms with Crippen LogP contribution in [0, 0.1) is 11.8 Å². The number of aliphatic hydroxyl groups is 1. The van der Waals surface area contributed by atoms with Crippen LogP contribution < -0.4 is 10.6 Å². The topological polar surface area (TPSA) is 105 Å². The fourth-order valence-electron chi connectivity index (χ4n) is 3.72. The van der Waals surface area contributed by atoms with Crippen LogP contribution in [0.5, 0.6) is 0 Å². The molecule has 2 aromatic rings. The molecule has 8 nitrogen and oxygen atoms in total. The van der Waals surface area contributed by atoms with Crippen LogP contribution in [0.2, 0.25) is 0 Å². The first-order valence-electron chi connectivity index (χ1n) is 9.00. The fraction of sp³-hybridized carbons (Fsp3) is 0.421. The Bertz CT molecular complexity index is 841. The molecule has 1 saturated heterocycles. The molecule has 2 unspecified atom stereocenters. The monoisotopic (exact) mass is 370 g/mol. The Morgan fingerprint density at radius 2 is 1.96 bits per heavy atom. The number of benzene rings is 1. The molecule has 1 aromatic carbocycles. The van der Waals surface area contributed by atoms with E-state index in [0.717, 1.165) is 5.56 Å². The van der Waals surface area contributed by atoms with Crippen LogP contribution in [0.1, 0.15) is 32.6 Å². The number of nitrogens with zero attached hydrogens (tertiary/aromatic N) is 2. The van der Waals surface area contributed by atoms with Crippen LogP contribution in [0.3, 0.4) is 0 Å². The Morgan fingerprint density at radius 1 is 1.26 bits per heavy atom. The second-order valence-corrected chi connectivity index (χ2v) is 6.91. The second-order valence-electron chi connectivity index (χ2n) is 6.91. The van der Waals surface area contributed by atoms with Crippen molar-refractivity contribution in [1.82, 2.24) is 20.4 Å². The highest BCUT2D eigenvalue weighted by atomic mass is 16.5. The lowest BCUT2D eigenvalue weighted by Gasteiger charge is -2.17. The zero-order chi connectivity index (χ0) is 19.0. The number of aromatic nitrogens is 2. The molecule has 1 saturated carbocycles. The van der Waals surface area contributed by atoms with Crippen LogP contribution in [-0.2, 0) is 4.74 Å². The number of hydrogen-bond donors (Lipinski definition) is 3. The molecular weight excluding hydrogens is 348 g/mol. The third-order valence-electron chi connectivity index (χ3n) is 5.33. The van der Waals surface area contributed by atoms with E-state index in [4.69, 9.17) is 4.74 Å². The lowest BCUT2D eigenvalue weighted by Crippen LogP contribution is -2.30. The van der Waals surface area contributed by atoms with Gasteiger partial charge in [0, 0.05) is 31.0 Å². The second kappa shape index (κ2) is 7.13.